The van der Waals surface area contributed by atoms with Gasteiger partial charge in [0.15, 0.2) is 0 Å². The maximum absolute atomic E-state index is 12.8. The zero-order valence-electron chi connectivity index (χ0n) is 15.9. The van der Waals surface area contributed by atoms with E-state index in [1.807, 2.05) is 42.5 Å². The van der Waals surface area contributed by atoms with Gasteiger partial charge < -0.3 is 19.1 Å². The normalized spacial score (nSPS) is 14.1. The molecular formula is C22H23N3O3. The Hall–Kier alpha value is -3.12. The standard InChI is InChI=1S/C22H23N3O3/c1-24(16-18-9-5-6-10-20(18)25-11-13-27-14-12-25)22(26)21-15-19(23-28-21)17-7-3-2-4-8-17/h2-10,15H,11-14,16H2,1H3. The minimum Gasteiger partial charge on any atom is -0.378 e. The van der Waals surface area contributed by atoms with Gasteiger partial charge in [-0.25, -0.2) is 0 Å². The number of hydrogen-bond donors (Lipinski definition) is 0. The highest BCUT2D eigenvalue weighted by Crippen LogP contribution is 2.24. The predicted octanol–water partition coefficient (Wildman–Crippen LogP) is 3.45. The number of ether oxygens (including phenoxy) is 1. The van der Waals surface area contributed by atoms with Crippen molar-refractivity contribution in [1.29, 1.82) is 0 Å². The molecule has 144 valence electrons. The van der Waals surface area contributed by atoms with Crippen LogP contribution in [0.5, 0.6) is 0 Å². The van der Waals surface area contributed by atoms with Gasteiger partial charge in [0.1, 0.15) is 5.69 Å². The van der Waals surface area contributed by atoms with Crippen molar-refractivity contribution >= 4 is 11.6 Å². The molecule has 1 amide bonds. The first-order chi connectivity index (χ1) is 13.7. The average molecular weight is 377 g/mol. The number of amides is 1. The van der Waals surface area contributed by atoms with Crippen molar-refractivity contribution in [2.75, 3.05) is 38.3 Å². The third kappa shape index (κ3) is 3.92. The molecule has 0 N–H and O–H groups in total. The van der Waals surface area contributed by atoms with E-state index in [1.54, 1.807) is 18.0 Å². The molecule has 28 heavy (non-hydrogen) atoms. The highest BCUT2D eigenvalue weighted by atomic mass is 16.5. The fraction of sp³-hybridized carbons (Fsp3) is 0.273. The molecule has 2 heterocycles. The third-order valence-electron chi connectivity index (χ3n) is 4.89. The maximum Gasteiger partial charge on any atom is 0.292 e. The first-order valence-corrected chi connectivity index (χ1v) is 9.40. The summed E-state index contributed by atoms with van der Waals surface area (Å²) in [6.45, 7) is 3.66. The number of hydrogen-bond acceptors (Lipinski definition) is 5. The minimum absolute atomic E-state index is 0.188. The van der Waals surface area contributed by atoms with Gasteiger partial charge in [-0.05, 0) is 11.6 Å². The van der Waals surface area contributed by atoms with Crippen LogP contribution in [0.4, 0.5) is 5.69 Å². The van der Waals surface area contributed by atoms with E-state index in [4.69, 9.17) is 9.26 Å². The SMILES string of the molecule is CN(Cc1ccccc1N1CCOCC1)C(=O)c1cc(-c2ccccc2)no1. The van der Waals surface area contributed by atoms with Gasteiger partial charge in [0.2, 0.25) is 5.76 Å². The van der Waals surface area contributed by atoms with Crippen LogP contribution in [0.15, 0.2) is 65.2 Å². The van der Waals surface area contributed by atoms with Crippen LogP contribution in [0, 0.1) is 0 Å². The molecule has 3 aromatic rings. The molecule has 2 aromatic carbocycles. The van der Waals surface area contributed by atoms with E-state index in [9.17, 15) is 4.79 Å². The minimum atomic E-state index is -0.188. The summed E-state index contributed by atoms with van der Waals surface area (Å²) in [7, 11) is 1.78. The van der Waals surface area contributed by atoms with Crippen LogP contribution in [0.1, 0.15) is 16.1 Å². The molecular weight excluding hydrogens is 354 g/mol. The second-order valence-corrected chi connectivity index (χ2v) is 6.83. The number of carbonyl (C=O) groups is 1. The summed E-state index contributed by atoms with van der Waals surface area (Å²) in [5.74, 6) is 0.0525. The van der Waals surface area contributed by atoms with Crippen LogP contribution in [0.25, 0.3) is 11.3 Å². The van der Waals surface area contributed by atoms with E-state index in [-0.39, 0.29) is 11.7 Å². The van der Waals surface area contributed by atoms with Crippen molar-refractivity contribution in [3.05, 3.63) is 72.0 Å². The van der Waals surface area contributed by atoms with E-state index in [1.165, 1.54) is 0 Å². The fourth-order valence-corrected chi connectivity index (χ4v) is 3.39. The topological polar surface area (TPSA) is 58.8 Å². The van der Waals surface area contributed by atoms with Gasteiger partial charge in [0.25, 0.3) is 5.91 Å². The Bertz CT molecular complexity index is 933. The molecule has 4 rings (SSSR count). The second-order valence-electron chi connectivity index (χ2n) is 6.83. The van der Waals surface area contributed by atoms with Gasteiger partial charge in [-0.1, -0.05) is 53.7 Å². The summed E-state index contributed by atoms with van der Waals surface area (Å²) in [4.78, 5) is 16.8. The zero-order chi connectivity index (χ0) is 19.3. The van der Waals surface area contributed by atoms with Crippen LogP contribution < -0.4 is 4.90 Å². The van der Waals surface area contributed by atoms with E-state index in [0.29, 0.717) is 12.2 Å². The van der Waals surface area contributed by atoms with Crippen molar-refractivity contribution in [3.63, 3.8) is 0 Å². The van der Waals surface area contributed by atoms with Gasteiger partial charge >= 0.3 is 0 Å². The lowest BCUT2D eigenvalue weighted by Gasteiger charge is -2.31. The van der Waals surface area contributed by atoms with Crippen molar-refractivity contribution in [2.24, 2.45) is 0 Å². The number of nitrogens with zero attached hydrogens (tertiary/aromatic N) is 3. The molecule has 0 bridgehead atoms. The Morgan fingerprint density at radius 1 is 1.07 bits per heavy atom. The van der Waals surface area contributed by atoms with Crippen LogP contribution in [0.2, 0.25) is 0 Å². The van der Waals surface area contributed by atoms with E-state index < -0.39 is 0 Å². The molecule has 0 atom stereocenters. The van der Waals surface area contributed by atoms with Crippen molar-refractivity contribution in [1.82, 2.24) is 10.1 Å². The summed E-state index contributed by atoms with van der Waals surface area (Å²) in [5, 5.41) is 4.04. The lowest BCUT2D eigenvalue weighted by Crippen LogP contribution is -2.37. The lowest BCUT2D eigenvalue weighted by atomic mass is 10.1. The molecule has 0 radical (unpaired) electrons. The third-order valence-corrected chi connectivity index (χ3v) is 4.89. The summed E-state index contributed by atoms with van der Waals surface area (Å²) in [5.41, 5.74) is 3.83. The molecule has 6 heteroatoms. The van der Waals surface area contributed by atoms with Crippen LogP contribution in [-0.4, -0.2) is 49.3 Å². The van der Waals surface area contributed by atoms with Gasteiger partial charge in [-0.2, -0.15) is 0 Å². The molecule has 0 aliphatic carbocycles. The lowest BCUT2D eigenvalue weighted by molar-refractivity contribution is 0.0743. The summed E-state index contributed by atoms with van der Waals surface area (Å²) in [6, 6.07) is 19.6. The molecule has 1 saturated heterocycles. The average Bonchev–Trinajstić information content (AvgIpc) is 3.25. The highest BCUT2D eigenvalue weighted by Gasteiger charge is 2.21. The monoisotopic (exact) mass is 377 g/mol. The number of rotatable bonds is 5. The Balaban J connectivity index is 1.49. The molecule has 1 aromatic heterocycles. The maximum atomic E-state index is 12.8. The molecule has 1 aliphatic rings. The smallest absolute Gasteiger partial charge is 0.292 e. The number of aromatic nitrogens is 1. The number of benzene rings is 2. The van der Waals surface area contributed by atoms with Gasteiger partial charge in [0, 0.05) is 44.0 Å². The zero-order valence-corrected chi connectivity index (χ0v) is 15.9. The van der Waals surface area contributed by atoms with E-state index in [0.717, 1.165) is 43.1 Å². The number of morpholine rings is 1. The molecule has 1 fully saturated rings. The van der Waals surface area contributed by atoms with Gasteiger partial charge in [-0.3, -0.25) is 4.79 Å². The van der Waals surface area contributed by atoms with Crippen LogP contribution in [-0.2, 0) is 11.3 Å². The first-order valence-electron chi connectivity index (χ1n) is 9.40. The quantitative estimate of drug-likeness (QED) is 0.682. The number of anilines is 1. The Morgan fingerprint density at radius 2 is 1.79 bits per heavy atom. The molecule has 0 unspecified atom stereocenters. The Kier molecular flexibility index (Phi) is 5.39. The summed E-state index contributed by atoms with van der Waals surface area (Å²) < 4.78 is 10.8. The van der Waals surface area contributed by atoms with Gasteiger partial charge in [0.05, 0.1) is 13.2 Å². The van der Waals surface area contributed by atoms with Gasteiger partial charge in [-0.15, -0.1) is 0 Å². The summed E-state index contributed by atoms with van der Waals surface area (Å²) in [6.07, 6.45) is 0. The first kappa shape index (κ1) is 18.3. The van der Waals surface area contributed by atoms with E-state index in [2.05, 4.69) is 22.2 Å². The molecule has 1 aliphatic heterocycles. The van der Waals surface area contributed by atoms with Crippen LogP contribution in [0.3, 0.4) is 0 Å². The van der Waals surface area contributed by atoms with Crippen molar-refractivity contribution in [2.45, 2.75) is 6.54 Å². The molecule has 0 saturated carbocycles. The predicted molar refractivity (Wildman–Crippen MR) is 107 cm³/mol. The van der Waals surface area contributed by atoms with Crippen molar-refractivity contribution < 1.29 is 14.1 Å². The second kappa shape index (κ2) is 8.27. The number of carbonyl (C=O) groups excluding carboxylic acids is 1. The van der Waals surface area contributed by atoms with E-state index >= 15 is 0 Å². The number of para-hydroxylation sites is 1. The van der Waals surface area contributed by atoms with Crippen LogP contribution >= 0.6 is 0 Å². The molecule has 6 nitrogen and oxygen atoms in total. The van der Waals surface area contributed by atoms with Crippen molar-refractivity contribution in [3.8, 4) is 11.3 Å². The Morgan fingerprint density at radius 3 is 2.57 bits per heavy atom. The largest absolute Gasteiger partial charge is 0.378 e. The molecule has 0 spiro atoms. The Labute approximate surface area is 164 Å². The highest BCUT2D eigenvalue weighted by molar-refractivity contribution is 5.92. The summed E-state index contributed by atoms with van der Waals surface area (Å²) >= 11 is 0. The fourth-order valence-electron chi connectivity index (χ4n) is 3.39.